The number of hydrogen-bond acceptors (Lipinski definition) is 4. The number of carbonyl (C=O) groups excluding carboxylic acids is 4. The molecule has 1 unspecified atom stereocenters. The van der Waals surface area contributed by atoms with E-state index in [9.17, 15) is 19.2 Å². The van der Waals surface area contributed by atoms with E-state index in [4.69, 9.17) is 0 Å². The van der Waals surface area contributed by atoms with E-state index in [-0.39, 0.29) is 18.7 Å². The van der Waals surface area contributed by atoms with Crippen molar-refractivity contribution in [1.29, 1.82) is 0 Å². The molecule has 1 aliphatic heterocycles. The Balaban J connectivity index is 2.20. The number of fused-ring (bicyclic) bond motifs is 1. The van der Waals surface area contributed by atoms with Gasteiger partial charge in [0.15, 0.2) is 0 Å². The summed E-state index contributed by atoms with van der Waals surface area (Å²) in [7, 11) is 1.49. The van der Waals surface area contributed by atoms with Crippen LogP contribution in [0.3, 0.4) is 0 Å². The molecule has 6 heteroatoms. The summed E-state index contributed by atoms with van der Waals surface area (Å²) >= 11 is 0. The SMILES string of the molecule is CNC(=O)CCC(C=O)N1C(=O)c2ccccc2C1=O. The zero-order valence-corrected chi connectivity index (χ0v) is 11.0. The first kappa shape index (κ1) is 13.9. The number of amides is 3. The van der Waals surface area contributed by atoms with Gasteiger partial charge in [0.1, 0.15) is 6.29 Å². The second-order valence-electron chi connectivity index (χ2n) is 4.44. The minimum atomic E-state index is -0.917. The van der Waals surface area contributed by atoms with Gasteiger partial charge in [-0.25, -0.2) is 0 Å². The van der Waals surface area contributed by atoms with Gasteiger partial charge in [0.25, 0.3) is 11.8 Å². The Morgan fingerprint density at radius 2 is 1.80 bits per heavy atom. The fraction of sp³-hybridized carbons (Fsp3) is 0.286. The number of aldehydes is 1. The molecule has 1 aromatic rings. The van der Waals surface area contributed by atoms with Crippen LogP contribution >= 0.6 is 0 Å². The summed E-state index contributed by atoms with van der Waals surface area (Å²) in [6, 6.07) is 5.51. The van der Waals surface area contributed by atoms with Crippen molar-refractivity contribution in [2.24, 2.45) is 0 Å². The number of imide groups is 1. The molecule has 1 N–H and O–H groups in total. The molecule has 0 fully saturated rings. The first-order chi connectivity index (χ1) is 9.60. The zero-order valence-electron chi connectivity index (χ0n) is 11.0. The standard InChI is InChI=1S/C14H14N2O4/c1-15-12(18)7-6-9(8-17)16-13(19)10-4-2-3-5-11(10)14(16)20/h2-5,8-9H,6-7H2,1H3,(H,15,18). The van der Waals surface area contributed by atoms with Crippen LogP contribution in [0.4, 0.5) is 0 Å². The Labute approximate surface area is 115 Å². The number of benzene rings is 1. The minimum absolute atomic E-state index is 0.0767. The van der Waals surface area contributed by atoms with Crippen molar-refractivity contribution in [2.45, 2.75) is 18.9 Å². The summed E-state index contributed by atoms with van der Waals surface area (Å²) < 4.78 is 0. The van der Waals surface area contributed by atoms with Gasteiger partial charge < -0.3 is 10.1 Å². The van der Waals surface area contributed by atoms with Crippen LogP contribution in [0, 0.1) is 0 Å². The van der Waals surface area contributed by atoms with E-state index >= 15 is 0 Å². The van der Waals surface area contributed by atoms with Gasteiger partial charge in [0.2, 0.25) is 5.91 Å². The number of nitrogens with one attached hydrogen (secondary N) is 1. The molecule has 1 heterocycles. The molecule has 1 atom stereocenters. The smallest absolute Gasteiger partial charge is 0.262 e. The van der Waals surface area contributed by atoms with E-state index in [0.29, 0.717) is 17.4 Å². The van der Waals surface area contributed by atoms with Gasteiger partial charge in [-0.05, 0) is 18.6 Å². The quantitative estimate of drug-likeness (QED) is 0.621. The van der Waals surface area contributed by atoms with E-state index in [1.165, 1.54) is 7.05 Å². The second kappa shape index (κ2) is 5.64. The average molecular weight is 274 g/mol. The van der Waals surface area contributed by atoms with E-state index in [2.05, 4.69) is 5.32 Å². The summed E-state index contributed by atoms with van der Waals surface area (Å²) in [4.78, 5) is 47.6. The monoisotopic (exact) mass is 274 g/mol. The normalized spacial score (nSPS) is 14.9. The van der Waals surface area contributed by atoms with Gasteiger partial charge in [-0.2, -0.15) is 0 Å². The summed E-state index contributed by atoms with van der Waals surface area (Å²) in [5.41, 5.74) is 0.591. The topological polar surface area (TPSA) is 83.6 Å². The molecule has 0 saturated heterocycles. The third-order valence-corrected chi connectivity index (χ3v) is 3.26. The van der Waals surface area contributed by atoms with Crippen LogP contribution < -0.4 is 5.32 Å². The minimum Gasteiger partial charge on any atom is -0.359 e. The highest BCUT2D eigenvalue weighted by atomic mass is 16.2. The molecule has 104 valence electrons. The van der Waals surface area contributed by atoms with Gasteiger partial charge in [-0.3, -0.25) is 19.3 Å². The fourth-order valence-corrected chi connectivity index (χ4v) is 2.17. The first-order valence-electron chi connectivity index (χ1n) is 6.23. The third-order valence-electron chi connectivity index (χ3n) is 3.26. The Hall–Kier alpha value is -2.50. The number of hydrogen-bond donors (Lipinski definition) is 1. The van der Waals surface area contributed by atoms with Crippen LogP contribution in [-0.2, 0) is 9.59 Å². The van der Waals surface area contributed by atoms with Crippen molar-refractivity contribution in [3.05, 3.63) is 35.4 Å². The molecule has 0 aromatic heterocycles. The van der Waals surface area contributed by atoms with Gasteiger partial charge in [0.05, 0.1) is 17.2 Å². The molecule has 1 aliphatic rings. The van der Waals surface area contributed by atoms with E-state index in [1.54, 1.807) is 24.3 Å². The summed E-state index contributed by atoms with van der Waals surface area (Å²) in [5.74, 6) is -1.22. The molecule has 0 spiro atoms. The highest BCUT2D eigenvalue weighted by Crippen LogP contribution is 2.25. The maximum atomic E-state index is 12.2. The number of rotatable bonds is 5. The maximum Gasteiger partial charge on any atom is 0.262 e. The molecule has 0 saturated carbocycles. The highest BCUT2D eigenvalue weighted by Gasteiger charge is 2.39. The first-order valence-corrected chi connectivity index (χ1v) is 6.23. The second-order valence-corrected chi connectivity index (χ2v) is 4.44. The fourth-order valence-electron chi connectivity index (χ4n) is 2.17. The lowest BCUT2D eigenvalue weighted by Crippen LogP contribution is -2.41. The number of carbonyl (C=O) groups is 4. The van der Waals surface area contributed by atoms with E-state index in [1.807, 2.05) is 0 Å². The average Bonchev–Trinajstić information content (AvgIpc) is 2.73. The lowest BCUT2D eigenvalue weighted by Gasteiger charge is -2.20. The van der Waals surface area contributed by atoms with Crippen molar-refractivity contribution < 1.29 is 19.2 Å². The molecule has 0 aliphatic carbocycles. The lowest BCUT2D eigenvalue weighted by molar-refractivity contribution is -0.121. The maximum absolute atomic E-state index is 12.2. The van der Waals surface area contributed by atoms with Crippen LogP contribution in [0.1, 0.15) is 33.6 Å². The molecule has 1 aromatic carbocycles. The summed E-state index contributed by atoms with van der Waals surface area (Å²) in [6.45, 7) is 0. The molecule has 20 heavy (non-hydrogen) atoms. The van der Waals surface area contributed by atoms with Crippen molar-refractivity contribution in [3.63, 3.8) is 0 Å². The predicted octanol–water partition coefficient (Wildman–Crippen LogP) is 0.376. The zero-order chi connectivity index (χ0) is 14.7. The highest BCUT2D eigenvalue weighted by molar-refractivity contribution is 6.22. The van der Waals surface area contributed by atoms with Crippen LogP contribution in [0.2, 0.25) is 0 Å². The van der Waals surface area contributed by atoms with Crippen LogP contribution in [0.5, 0.6) is 0 Å². The van der Waals surface area contributed by atoms with Crippen molar-refractivity contribution in [1.82, 2.24) is 10.2 Å². The van der Waals surface area contributed by atoms with Crippen LogP contribution in [-0.4, -0.2) is 42.0 Å². The van der Waals surface area contributed by atoms with Gasteiger partial charge in [-0.15, -0.1) is 0 Å². The van der Waals surface area contributed by atoms with Crippen molar-refractivity contribution in [3.8, 4) is 0 Å². The Morgan fingerprint density at radius 1 is 1.25 bits per heavy atom. The van der Waals surface area contributed by atoms with Crippen molar-refractivity contribution in [2.75, 3.05) is 7.05 Å². The van der Waals surface area contributed by atoms with Gasteiger partial charge in [0, 0.05) is 13.5 Å². The van der Waals surface area contributed by atoms with Gasteiger partial charge >= 0.3 is 0 Å². The van der Waals surface area contributed by atoms with E-state index < -0.39 is 17.9 Å². The predicted molar refractivity (Wildman–Crippen MR) is 70.1 cm³/mol. The Bertz CT molecular complexity index is 547. The van der Waals surface area contributed by atoms with Crippen LogP contribution in [0.25, 0.3) is 0 Å². The Morgan fingerprint density at radius 3 is 2.25 bits per heavy atom. The molecule has 3 amide bonds. The van der Waals surface area contributed by atoms with Crippen molar-refractivity contribution >= 4 is 24.0 Å². The molecular formula is C14H14N2O4. The molecule has 0 bridgehead atoms. The van der Waals surface area contributed by atoms with Crippen LogP contribution in [0.15, 0.2) is 24.3 Å². The van der Waals surface area contributed by atoms with Gasteiger partial charge in [-0.1, -0.05) is 12.1 Å². The largest absolute Gasteiger partial charge is 0.359 e. The lowest BCUT2D eigenvalue weighted by atomic mass is 10.1. The van der Waals surface area contributed by atoms with E-state index in [0.717, 1.165) is 4.90 Å². The molecule has 6 nitrogen and oxygen atoms in total. The number of nitrogens with zero attached hydrogens (tertiary/aromatic N) is 1. The molecule has 0 radical (unpaired) electrons. The summed E-state index contributed by atoms with van der Waals surface area (Å²) in [6.07, 6.45) is 0.729. The summed E-state index contributed by atoms with van der Waals surface area (Å²) in [5, 5.41) is 2.43. The molecule has 2 rings (SSSR count). The third kappa shape index (κ3) is 2.32. The molecular weight excluding hydrogens is 260 g/mol. The Kier molecular flexibility index (Phi) is 3.93.